The fourth-order valence-corrected chi connectivity index (χ4v) is 3.14. The van der Waals surface area contributed by atoms with Gasteiger partial charge in [-0.15, -0.1) is 0 Å². The molecular formula is C24H26N4O6. The summed E-state index contributed by atoms with van der Waals surface area (Å²) < 4.78 is 16.1. The van der Waals surface area contributed by atoms with Gasteiger partial charge < -0.3 is 14.2 Å². The largest absolute Gasteiger partial charge is 0.484 e. The number of hydrogen-bond acceptors (Lipinski definition) is 8. The Morgan fingerprint density at radius 3 is 2.62 bits per heavy atom. The molecule has 34 heavy (non-hydrogen) atoms. The quantitative estimate of drug-likeness (QED) is 0.250. The molecule has 1 aromatic heterocycles. The van der Waals surface area contributed by atoms with E-state index in [4.69, 9.17) is 14.2 Å². The van der Waals surface area contributed by atoms with Crippen LogP contribution in [0.5, 0.6) is 5.75 Å². The van der Waals surface area contributed by atoms with Gasteiger partial charge in [0, 0.05) is 19.2 Å². The highest BCUT2D eigenvalue weighted by Gasteiger charge is 2.29. The van der Waals surface area contributed by atoms with E-state index in [-0.39, 0.29) is 35.9 Å². The van der Waals surface area contributed by atoms with Gasteiger partial charge in [0.15, 0.2) is 11.6 Å². The zero-order chi connectivity index (χ0) is 24.9. The van der Waals surface area contributed by atoms with Crippen molar-refractivity contribution < 1.29 is 23.9 Å². The number of carbonyl (C=O) groups excluding carboxylic acids is 1. The van der Waals surface area contributed by atoms with Crippen LogP contribution >= 0.6 is 0 Å². The van der Waals surface area contributed by atoms with Crippen LogP contribution in [0.4, 0.5) is 22.0 Å². The summed E-state index contributed by atoms with van der Waals surface area (Å²) in [4.78, 5) is 34.3. The number of nitro benzene ring substituents is 1. The molecule has 3 rings (SSSR count). The Labute approximate surface area is 196 Å². The second-order valence-corrected chi connectivity index (χ2v) is 8.25. The molecule has 178 valence electrons. The Bertz CT molecular complexity index is 1220. The molecule has 0 saturated carbocycles. The molecule has 0 atom stereocenters. The number of hydrogen-bond donors (Lipinski definition) is 0. The van der Waals surface area contributed by atoms with Crippen molar-refractivity contribution in [2.75, 3.05) is 25.2 Å². The average molecular weight is 466 g/mol. The topological polar surface area (TPSA) is 117 Å². The number of nitrogens with zero attached hydrogens (tertiary/aromatic N) is 4. The lowest BCUT2D eigenvalue weighted by molar-refractivity contribution is -0.385. The summed E-state index contributed by atoms with van der Waals surface area (Å²) in [6, 6.07) is 9.78. The maximum Gasteiger partial charge on any atom is 0.420 e. The minimum Gasteiger partial charge on any atom is -0.484 e. The molecule has 0 unspecified atom stereocenters. The monoisotopic (exact) mass is 466 g/mol. The Morgan fingerprint density at radius 2 is 1.97 bits per heavy atom. The molecule has 0 N–H and O–H groups in total. The van der Waals surface area contributed by atoms with Gasteiger partial charge in [0.05, 0.1) is 28.1 Å². The highest BCUT2D eigenvalue weighted by atomic mass is 16.6. The number of nitro groups is 1. The van der Waals surface area contributed by atoms with Gasteiger partial charge in [0.2, 0.25) is 0 Å². The third kappa shape index (κ3) is 5.65. The molecule has 0 bridgehead atoms. The van der Waals surface area contributed by atoms with E-state index in [0.29, 0.717) is 11.2 Å². The van der Waals surface area contributed by atoms with E-state index >= 15 is 0 Å². The maximum atomic E-state index is 13.3. The highest BCUT2D eigenvalue weighted by molar-refractivity contribution is 6.04. The first-order chi connectivity index (χ1) is 16.1. The number of methoxy groups -OCH3 is 1. The van der Waals surface area contributed by atoms with E-state index in [0.717, 1.165) is 5.56 Å². The molecule has 2 aromatic carbocycles. The number of benzene rings is 2. The van der Waals surface area contributed by atoms with E-state index in [1.807, 2.05) is 6.07 Å². The highest BCUT2D eigenvalue weighted by Crippen LogP contribution is 2.37. The first-order valence-electron chi connectivity index (χ1n) is 10.4. The minimum absolute atomic E-state index is 0.0386. The van der Waals surface area contributed by atoms with E-state index in [2.05, 4.69) is 16.5 Å². The summed E-state index contributed by atoms with van der Waals surface area (Å²) in [7, 11) is 1.50. The SMILES string of the molecule is C=Cc1cccc(N(C(=O)OC(C)(C)C)c2ncnc3cc(OCCOC)c([N+](=O)[O-])cc23)c1. The van der Waals surface area contributed by atoms with Crippen LogP contribution in [-0.2, 0) is 9.47 Å². The van der Waals surface area contributed by atoms with Crippen LogP contribution in [0.15, 0.2) is 49.3 Å². The first-order valence-corrected chi connectivity index (χ1v) is 10.4. The van der Waals surface area contributed by atoms with Crippen molar-refractivity contribution in [3.05, 3.63) is 65.0 Å². The van der Waals surface area contributed by atoms with Crippen LogP contribution in [0.3, 0.4) is 0 Å². The fourth-order valence-electron chi connectivity index (χ4n) is 3.14. The summed E-state index contributed by atoms with van der Waals surface area (Å²) in [5.41, 5.74) is 0.502. The van der Waals surface area contributed by atoms with Crippen molar-refractivity contribution >= 4 is 40.3 Å². The minimum atomic E-state index is -0.789. The van der Waals surface area contributed by atoms with Crippen LogP contribution in [0.1, 0.15) is 26.3 Å². The van der Waals surface area contributed by atoms with Crippen molar-refractivity contribution in [3.63, 3.8) is 0 Å². The van der Waals surface area contributed by atoms with Crippen LogP contribution in [0, 0.1) is 10.1 Å². The van der Waals surface area contributed by atoms with E-state index in [1.54, 1.807) is 45.0 Å². The molecule has 0 aliphatic carbocycles. The summed E-state index contributed by atoms with van der Waals surface area (Å²) in [5.74, 6) is 0.170. The van der Waals surface area contributed by atoms with Gasteiger partial charge in [0.1, 0.15) is 18.5 Å². The average Bonchev–Trinajstić information content (AvgIpc) is 2.78. The van der Waals surface area contributed by atoms with Crippen molar-refractivity contribution in [2.24, 2.45) is 0 Å². The van der Waals surface area contributed by atoms with Gasteiger partial charge >= 0.3 is 11.8 Å². The molecule has 0 aliphatic heterocycles. The fraction of sp³-hybridized carbons (Fsp3) is 0.292. The molecular weight excluding hydrogens is 440 g/mol. The van der Waals surface area contributed by atoms with Crippen molar-refractivity contribution in [1.29, 1.82) is 0 Å². The third-order valence-electron chi connectivity index (χ3n) is 4.59. The second-order valence-electron chi connectivity index (χ2n) is 8.25. The van der Waals surface area contributed by atoms with Crippen molar-refractivity contribution in [1.82, 2.24) is 9.97 Å². The lowest BCUT2D eigenvalue weighted by Crippen LogP contribution is -2.34. The molecule has 0 saturated heterocycles. The molecule has 0 aliphatic rings. The Balaban J connectivity index is 2.22. The number of aromatic nitrogens is 2. The van der Waals surface area contributed by atoms with Gasteiger partial charge in [-0.25, -0.2) is 19.7 Å². The van der Waals surface area contributed by atoms with Gasteiger partial charge in [-0.2, -0.15) is 0 Å². The van der Waals surface area contributed by atoms with Crippen LogP contribution in [0.2, 0.25) is 0 Å². The maximum absolute atomic E-state index is 13.3. The number of amides is 1. The van der Waals surface area contributed by atoms with Crippen LogP contribution < -0.4 is 9.64 Å². The lowest BCUT2D eigenvalue weighted by Gasteiger charge is -2.27. The second kappa shape index (κ2) is 10.3. The molecule has 10 heteroatoms. The Morgan fingerprint density at radius 1 is 1.21 bits per heavy atom. The zero-order valence-corrected chi connectivity index (χ0v) is 19.5. The number of rotatable bonds is 8. The predicted molar refractivity (Wildman–Crippen MR) is 128 cm³/mol. The van der Waals surface area contributed by atoms with Gasteiger partial charge in [-0.05, 0) is 38.5 Å². The summed E-state index contributed by atoms with van der Waals surface area (Å²) in [6.07, 6.45) is 2.22. The first kappa shape index (κ1) is 24.6. The molecule has 0 spiro atoms. The molecule has 1 amide bonds. The number of fused-ring (bicyclic) bond motifs is 1. The van der Waals surface area contributed by atoms with Gasteiger partial charge in [-0.1, -0.05) is 24.8 Å². The summed E-state index contributed by atoms with van der Waals surface area (Å²) >= 11 is 0. The third-order valence-corrected chi connectivity index (χ3v) is 4.59. The smallest absolute Gasteiger partial charge is 0.420 e. The van der Waals surface area contributed by atoms with E-state index in [9.17, 15) is 14.9 Å². The van der Waals surface area contributed by atoms with Crippen molar-refractivity contribution in [3.8, 4) is 5.75 Å². The molecule has 0 radical (unpaired) electrons. The molecule has 3 aromatic rings. The number of carbonyl (C=O) groups is 1. The van der Waals surface area contributed by atoms with Gasteiger partial charge in [0.25, 0.3) is 0 Å². The number of anilines is 2. The van der Waals surface area contributed by atoms with Crippen LogP contribution in [-0.4, -0.2) is 46.9 Å². The van der Waals surface area contributed by atoms with Crippen LogP contribution in [0.25, 0.3) is 17.0 Å². The summed E-state index contributed by atoms with van der Waals surface area (Å²) in [6.45, 7) is 9.39. The van der Waals surface area contributed by atoms with Crippen molar-refractivity contribution in [2.45, 2.75) is 26.4 Å². The number of ether oxygens (including phenoxy) is 3. The lowest BCUT2D eigenvalue weighted by atomic mass is 10.1. The Kier molecular flexibility index (Phi) is 7.42. The normalized spacial score (nSPS) is 11.2. The zero-order valence-electron chi connectivity index (χ0n) is 19.5. The summed E-state index contributed by atoms with van der Waals surface area (Å²) in [5, 5.41) is 12.1. The molecule has 0 fully saturated rings. The molecule has 1 heterocycles. The predicted octanol–water partition coefficient (Wildman–Crippen LogP) is 5.28. The standard InChI is InChI=1S/C24H26N4O6/c1-6-16-8-7-9-17(12-16)27(23(29)34-24(2,3)4)22-18-13-20(28(30)31)21(33-11-10-32-5)14-19(18)25-15-26-22/h6-9,12-15H,1,10-11H2,2-5H3. The Hall–Kier alpha value is -4.05. The van der Waals surface area contributed by atoms with E-state index in [1.165, 1.54) is 30.5 Å². The van der Waals surface area contributed by atoms with E-state index < -0.39 is 16.6 Å². The molecule has 10 nitrogen and oxygen atoms in total. The van der Waals surface area contributed by atoms with Gasteiger partial charge in [-0.3, -0.25) is 10.1 Å².